The Labute approximate surface area is 245 Å². The molecule has 2 aliphatic rings. The van der Waals surface area contributed by atoms with E-state index < -0.39 is 11.9 Å². The number of carboxylic acids is 2. The van der Waals surface area contributed by atoms with Crippen LogP contribution in [0.2, 0.25) is 0 Å². The van der Waals surface area contributed by atoms with Crippen LogP contribution in [-0.4, -0.2) is 23.6 Å². The number of carbonyl (C=O) groups excluding carboxylic acids is 1. The highest BCUT2D eigenvalue weighted by atomic mass is 79.9. The second-order valence-electron chi connectivity index (χ2n) is 10.1. The van der Waals surface area contributed by atoms with E-state index in [1.54, 1.807) is 28.0 Å². The van der Waals surface area contributed by atoms with Crippen LogP contribution in [0.25, 0.3) is 16.3 Å². The summed E-state index contributed by atoms with van der Waals surface area (Å²) in [7, 11) is 0. The molecule has 0 atom stereocenters. The summed E-state index contributed by atoms with van der Waals surface area (Å²) in [6.45, 7) is 4.08. The molecule has 0 amide bonds. The van der Waals surface area contributed by atoms with Crippen LogP contribution < -0.4 is 14.6 Å². The molecular weight excluding hydrogens is 652 g/mol. The first kappa shape index (κ1) is 27.2. The number of thiazole rings is 1. The van der Waals surface area contributed by atoms with Crippen molar-refractivity contribution in [2.75, 3.05) is 11.4 Å². The van der Waals surface area contributed by atoms with Gasteiger partial charge in [-0.3, -0.25) is 0 Å². The molecule has 2 heterocycles. The Bertz CT molecular complexity index is 1570. The molecule has 1 N–H and O–H groups in total. The zero-order valence-electron chi connectivity index (χ0n) is 20.7. The Kier molecular flexibility index (Phi) is 7.61. The summed E-state index contributed by atoms with van der Waals surface area (Å²) in [5.74, 6) is -2.03. The fourth-order valence-corrected chi connectivity index (χ4v) is 7.90. The van der Waals surface area contributed by atoms with Gasteiger partial charge >= 0.3 is 5.97 Å². The summed E-state index contributed by atoms with van der Waals surface area (Å²) in [6.07, 6.45) is 7.99. The molecule has 1 aromatic heterocycles. The zero-order chi connectivity index (χ0) is 27.2. The summed E-state index contributed by atoms with van der Waals surface area (Å²) >= 11 is 10.1. The van der Waals surface area contributed by atoms with Crippen molar-refractivity contribution in [3.05, 3.63) is 78.7 Å². The Morgan fingerprint density at radius 2 is 1.87 bits per heavy atom. The first-order valence-electron chi connectivity index (χ1n) is 11.9. The highest BCUT2D eigenvalue weighted by Gasteiger charge is 2.30. The van der Waals surface area contributed by atoms with Gasteiger partial charge in [0.25, 0.3) is 5.01 Å². The molecule has 196 valence electrons. The van der Waals surface area contributed by atoms with Gasteiger partial charge in [-0.25, -0.2) is 4.79 Å². The van der Waals surface area contributed by atoms with E-state index in [0.717, 1.165) is 63.8 Å². The van der Waals surface area contributed by atoms with Gasteiger partial charge in [0.2, 0.25) is 12.1 Å². The Morgan fingerprint density at radius 1 is 1.13 bits per heavy atom. The molecule has 0 unspecified atom stereocenters. The van der Waals surface area contributed by atoms with Crippen molar-refractivity contribution in [1.82, 2.24) is 0 Å². The van der Waals surface area contributed by atoms with Gasteiger partial charge in [0.1, 0.15) is 4.70 Å². The molecule has 0 radical (unpaired) electrons. The lowest BCUT2D eigenvalue weighted by Crippen LogP contribution is -2.39. The molecule has 0 fully saturated rings. The predicted octanol–water partition coefficient (Wildman–Crippen LogP) is 6.13. The van der Waals surface area contributed by atoms with Gasteiger partial charge in [-0.15, -0.1) is 0 Å². The number of hydrogen-bond donors (Lipinski definition) is 1. The second-order valence-corrected chi connectivity index (χ2v) is 14.1. The van der Waals surface area contributed by atoms with Gasteiger partial charge in [-0.2, -0.15) is 4.57 Å². The van der Waals surface area contributed by atoms with Crippen LogP contribution in [-0.2, 0) is 16.1 Å². The zero-order valence-corrected chi connectivity index (χ0v) is 25.5. The third-order valence-corrected chi connectivity index (χ3v) is 9.53. The number of carbonyl (C=O) groups is 2. The summed E-state index contributed by atoms with van der Waals surface area (Å²) < 4.78 is 4.65. The van der Waals surface area contributed by atoms with Crippen molar-refractivity contribution in [2.24, 2.45) is 5.41 Å². The average molecular weight is 676 g/mol. The van der Waals surface area contributed by atoms with E-state index in [2.05, 4.69) is 63.9 Å². The first-order chi connectivity index (χ1) is 18.0. The number of aromatic nitrogens is 1. The highest BCUT2D eigenvalue weighted by Crippen LogP contribution is 2.48. The number of hydrogen-bond acceptors (Lipinski definition) is 6. The van der Waals surface area contributed by atoms with Crippen LogP contribution in [0.1, 0.15) is 31.7 Å². The number of benzene rings is 2. The maximum absolute atomic E-state index is 11.7. The van der Waals surface area contributed by atoms with Crippen molar-refractivity contribution >= 4 is 88.9 Å². The number of anilines is 1. The summed E-state index contributed by atoms with van der Waals surface area (Å²) in [6, 6.07) is 11.8. The average Bonchev–Trinajstić information content (AvgIpc) is 3.29. The summed E-state index contributed by atoms with van der Waals surface area (Å²) in [5, 5.41) is 22.9. The quantitative estimate of drug-likeness (QED) is 0.317. The molecule has 2 aromatic carbocycles. The smallest absolute Gasteiger partial charge is 0.370 e. The van der Waals surface area contributed by atoms with Crippen molar-refractivity contribution in [3.8, 4) is 0 Å². The van der Waals surface area contributed by atoms with E-state index in [4.69, 9.17) is 0 Å². The molecule has 0 saturated carbocycles. The fraction of sp³-hybridized carbons (Fsp3) is 0.250. The standard InChI is InChI=1S/C28H24Br2N2O4S2/c1-28(2)12-16(8-24-31(14-26(33)34)20-10-18(29)3-5-22(20)37-24)7-17(13-28)9-25-32(15-27(35)36)21-11-19(30)4-6-23(21)38-25/h3-11H,12-15H2,1-2H3,(H-,33,34,35,36). The molecule has 0 saturated heterocycles. The summed E-state index contributed by atoms with van der Waals surface area (Å²) in [4.78, 5) is 26.1. The van der Waals surface area contributed by atoms with Crippen LogP contribution in [0.3, 0.4) is 0 Å². The number of halogens is 2. The predicted molar refractivity (Wildman–Crippen MR) is 157 cm³/mol. The van der Waals surface area contributed by atoms with Crippen LogP contribution in [0, 0.1) is 5.41 Å². The van der Waals surface area contributed by atoms with Crippen LogP contribution in [0.4, 0.5) is 5.69 Å². The van der Waals surface area contributed by atoms with E-state index in [1.165, 1.54) is 0 Å². The largest absolute Gasteiger partial charge is 0.548 e. The number of rotatable bonds is 6. The third-order valence-electron chi connectivity index (χ3n) is 6.32. The Morgan fingerprint density at radius 3 is 2.61 bits per heavy atom. The molecular formula is C28H24Br2N2O4S2. The van der Waals surface area contributed by atoms with E-state index in [9.17, 15) is 19.8 Å². The first-order valence-corrected chi connectivity index (χ1v) is 15.1. The van der Waals surface area contributed by atoms with E-state index in [-0.39, 0.29) is 18.5 Å². The van der Waals surface area contributed by atoms with E-state index in [1.807, 2.05) is 41.0 Å². The van der Waals surface area contributed by atoms with Crippen LogP contribution >= 0.6 is 55.0 Å². The maximum atomic E-state index is 11.7. The van der Waals surface area contributed by atoms with Crippen molar-refractivity contribution in [3.63, 3.8) is 0 Å². The lowest BCUT2D eigenvalue weighted by molar-refractivity contribution is -0.657. The maximum Gasteiger partial charge on any atom is 0.370 e. The number of aliphatic carboxylic acids is 2. The molecule has 3 aromatic rings. The minimum absolute atomic E-state index is 0.0252. The minimum Gasteiger partial charge on any atom is -0.548 e. The lowest BCUT2D eigenvalue weighted by Gasteiger charge is -2.31. The number of fused-ring (bicyclic) bond motifs is 2. The molecule has 1 aliphatic heterocycles. The highest BCUT2D eigenvalue weighted by molar-refractivity contribution is 9.10. The summed E-state index contributed by atoms with van der Waals surface area (Å²) in [5.41, 5.74) is 3.90. The molecule has 38 heavy (non-hydrogen) atoms. The van der Waals surface area contributed by atoms with E-state index >= 15 is 0 Å². The minimum atomic E-state index is -1.14. The molecule has 10 heteroatoms. The van der Waals surface area contributed by atoms with Crippen molar-refractivity contribution in [2.45, 2.75) is 38.1 Å². The van der Waals surface area contributed by atoms with Crippen LogP contribution in [0.5, 0.6) is 0 Å². The van der Waals surface area contributed by atoms with Gasteiger partial charge in [-0.1, -0.05) is 74.9 Å². The topological polar surface area (TPSA) is 84.6 Å². The molecule has 0 bridgehead atoms. The van der Waals surface area contributed by atoms with Gasteiger partial charge < -0.3 is 19.9 Å². The van der Waals surface area contributed by atoms with Crippen molar-refractivity contribution < 1.29 is 24.4 Å². The van der Waals surface area contributed by atoms with Gasteiger partial charge in [0.05, 0.1) is 23.2 Å². The van der Waals surface area contributed by atoms with Gasteiger partial charge in [-0.05, 0) is 65.8 Å². The third kappa shape index (κ3) is 5.93. The van der Waals surface area contributed by atoms with Gasteiger partial charge in [0, 0.05) is 26.0 Å². The molecule has 6 nitrogen and oxygen atoms in total. The van der Waals surface area contributed by atoms with E-state index in [0.29, 0.717) is 0 Å². The molecule has 1 aliphatic carbocycles. The Hall–Kier alpha value is -2.40. The Balaban J connectivity index is 1.57. The number of allylic oxidation sites excluding steroid dienone is 4. The fourth-order valence-electron chi connectivity index (χ4n) is 4.96. The van der Waals surface area contributed by atoms with Crippen molar-refractivity contribution in [1.29, 1.82) is 0 Å². The SMILES string of the molecule is CC1(C)CC(C=C2Sc3ccc(Br)cc3N2CC(=O)[O-])=CC(=Cc2sc3ccc(Br)cc3[n+]2CC(=O)O)C1. The molecule has 5 rings (SSSR count). The van der Waals surface area contributed by atoms with Crippen LogP contribution in [0.15, 0.2) is 78.6 Å². The number of nitrogens with zero attached hydrogens (tertiary/aromatic N) is 2. The molecule has 0 spiro atoms. The van der Waals surface area contributed by atoms with Gasteiger partial charge in [0.15, 0.2) is 0 Å². The number of carboxylic acid groups (broad SMARTS) is 2. The lowest BCUT2D eigenvalue weighted by atomic mass is 9.75. The number of thioether (sulfide) groups is 1. The normalized spacial score (nSPS) is 18.7. The monoisotopic (exact) mass is 674 g/mol. The second kappa shape index (κ2) is 10.6.